The number of rotatable bonds is 7. The van der Waals surface area contributed by atoms with Crippen molar-refractivity contribution in [3.05, 3.63) is 58.6 Å². The quantitative estimate of drug-likeness (QED) is 0.773. The normalized spacial score (nSPS) is 10.6. The van der Waals surface area contributed by atoms with E-state index < -0.39 is 0 Å². The fraction of sp³-hybridized carbons (Fsp3) is 0.333. The molecule has 0 spiro atoms. The van der Waals surface area contributed by atoms with Crippen LogP contribution in [0.3, 0.4) is 0 Å². The average molecular weight is 347 g/mol. The maximum Gasteiger partial charge on any atom is 0.0444 e. The molecule has 0 bridgehead atoms. The van der Waals surface area contributed by atoms with Crippen LogP contribution in [0.5, 0.6) is 0 Å². The molecule has 0 aliphatic carbocycles. The zero-order valence-electron chi connectivity index (χ0n) is 12.6. The van der Waals surface area contributed by atoms with Crippen molar-refractivity contribution in [3.63, 3.8) is 0 Å². The summed E-state index contributed by atoms with van der Waals surface area (Å²) in [5, 5.41) is 0. The zero-order valence-corrected chi connectivity index (χ0v) is 14.1. The second kappa shape index (κ2) is 8.20. The Kier molecular flexibility index (Phi) is 6.27. The molecule has 0 fully saturated rings. The SMILES string of the molecule is CCCCN(c1ccccc1)c1ccc(Br)cc1CCN. The Morgan fingerprint density at radius 3 is 2.52 bits per heavy atom. The van der Waals surface area contributed by atoms with Crippen LogP contribution in [0.2, 0.25) is 0 Å². The molecule has 0 amide bonds. The van der Waals surface area contributed by atoms with Crippen molar-refractivity contribution in [2.45, 2.75) is 26.2 Å². The molecule has 2 N–H and O–H groups in total. The number of anilines is 2. The van der Waals surface area contributed by atoms with Gasteiger partial charge in [-0.2, -0.15) is 0 Å². The van der Waals surface area contributed by atoms with Gasteiger partial charge >= 0.3 is 0 Å². The number of halogens is 1. The van der Waals surface area contributed by atoms with E-state index in [0.29, 0.717) is 6.54 Å². The van der Waals surface area contributed by atoms with Crippen molar-refractivity contribution in [2.24, 2.45) is 5.73 Å². The number of hydrogen-bond acceptors (Lipinski definition) is 2. The summed E-state index contributed by atoms with van der Waals surface area (Å²) in [5.41, 5.74) is 9.59. The van der Waals surface area contributed by atoms with Crippen LogP contribution < -0.4 is 10.6 Å². The predicted octanol–water partition coefficient (Wildman–Crippen LogP) is 4.89. The maximum absolute atomic E-state index is 5.78. The van der Waals surface area contributed by atoms with Crippen molar-refractivity contribution in [1.82, 2.24) is 0 Å². The first-order valence-corrected chi connectivity index (χ1v) is 8.36. The minimum atomic E-state index is 0.667. The molecule has 0 radical (unpaired) electrons. The Morgan fingerprint density at radius 1 is 1.10 bits per heavy atom. The predicted molar refractivity (Wildman–Crippen MR) is 95.3 cm³/mol. The van der Waals surface area contributed by atoms with Crippen LogP contribution in [0.1, 0.15) is 25.3 Å². The average Bonchev–Trinajstić information content (AvgIpc) is 2.51. The summed E-state index contributed by atoms with van der Waals surface area (Å²) in [4.78, 5) is 2.40. The molecule has 0 aliphatic rings. The molecule has 0 unspecified atom stereocenters. The summed E-state index contributed by atoms with van der Waals surface area (Å²) in [6.45, 7) is 3.92. The summed E-state index contributed by atoms with van der Waals surface area (Å²) < 4.78 is 1.11. The van der Waals surface area contributed by atoms with Crippen LogP contribution in [0, 0.1) is 0 Å². The number of unbranched alkanes of at least 4 members (excludes halogenated alkanes) is 1. The van der Waals surface area contributed by atoms with E-state index in [1.807, 2.05) is 0 Å². The first kappa shape index (κ1) is 16.1. The molecule has 0 atom stereocenters. The number of benzene rings is 2. The van der Waals surface area contributed by atoms with Crippen LogP contribution in [0.25, 0.3) is 0 Å². The summed E-state index contributed by atoms with van der Waals surface area (Å²) in [5.74, 6) is 0. The lowest BCUT2D eigenvalue weighted by Gasteiger charge is -2.27. The molecule has 3 heteroatoms. The van der Waals surface area contributed by atoms with E-state index in [1.165, 1.54) is 29.8 Å². The number of nitrogens with zero attached hydrogens (tertiary/aromatic N) is 1. The zero-order chi connectivity index (χ0) is 15.1. The third kappa shape index (κ3) is 4.32. The fourth-order valence-corrected chi connectivity index (χ4v) is 2.89. The van der Waals surface area contributed by atoms with Crippen LogP contribution in [-0.4, -0.2) is 13.1 Å². The Labute approximate surface area is 136 Å². The van der Waals surface area contributed by atoms with Crippen molar-refractivity contribution in [3.8, 4) is 0 Å². The molecule has 21 heavy (non-hydrogen) atoms. The minimum Gasteiger partial charge on any atom is -0.341 e. The second-order valence-corrected chi connectivity index (χ2v) is 6.07. The first-order valence-electron chi connectivity index (χ1n) is 7.57. The smallest absolute Gasteiger partial charge is 0.0444 e. The van der Waals surface area contributed by atoms with Crippen molar-refractivity contribution in [1.29, 1.82) is 0 Å². The van der Waals surface area contributed by atoms with Gasteiger partial charge < -0.3 is 10.6 Å². The molecule has 2 aromatic carbocycles. The minimum absolute atomic E-state index is 0.667. The summed E-state index contributed by atoms with van der Waals surface area (Å²) in [6.07, 6.45) is 3.25. The molecule has 0 heterocycles. The van der Waals surface area contributed by atoms with Gasteiger partial charge in [-0.3, -0.25) is 0 Å². The number of hydrogen-bond donors (Lipinski definition) is 1. The van der Waals surface area contributed by atoms with Gasteiger partial charge in [-0.25, -0.2) is 0 Å². The molecule has 0 saturated carbocycles. The first-order chi connectivity index (χ1) is 10.3. The molecule has 0 aliphatic heterocycles. The van der Waals surface area contributed by atoms with Gasteiger partial charge in [0.1, 0.15) is 0 Å². The van der Waals surface area contributed by atoms with E-state index in [0.717, 1.165) is 17.4 Å². The fourth-order valence-electron chi connectivity index (χ4n) is 2.49. The highest BCUT2D eigenvalue weighted by Crippen LogP contribution is 2.31. The molecular formula is C18H23BrN2. The summed E-state index contributed by atoms with van der Waals surface area (Å²) in [6, 6.07) is 17.1. The van der Waals surface area contributed by atoms with E-state index in [1.54, 1.807) is 0 Å². The van der Waals surface area contributed by atoms with Crippen LogP contribution in [0.4, 0.5) is 11.4 Å². The van der Waals surface area contributed by atoms with Crippen molar-refractivity contribution in [2.75, 3.05) is 18.0 Å². The van der Waals surface area contributed by atoms with Crippen molar-refractivity contribution < 1.29 is 0 Å². The third-order valence-electron chi connectivity index (χ3n) is 3.55. The topological polar surface area (TPSA) is 29.3 Å². The lowest BCUT2D eigenvalue weighted by atomic mass is 10.1. The molecule has 0 saturated heterocycles. The second-order valence-electron chi connectivity index (χ2n) is 5.15. The number of para-hydroxylation sites is 1. The van der Waals surface area contributed by atoms with E-state index in [-0.39, 0.29) is 0 Å². The molecule has 0 aromatic heterocycles. The highest BCUT2D eigenvalue weighted by molar-refractivity contribution is 9.10. The lowest BCUT2D eigenvalue weighted by Crippen LogP contribution is -2.20. The molecule has 2 aromatic rings. The Morgan fingerprint density at radius 2 is 1.86 bits per heavy atom. The summed E-state index contributed by atoms with van der Waals surface area (Å²) in [7, 11) is 0. The van der Waals surface area contributed by atoms with Crippen molar-refractivity contribution >= 4 is 27.3 Å². The Hall–Kier alpha value is -1.32. The van der Waals surface area contributed by atoms with Crippen LogP contribution >= 0.6 is 15.9 Å². The van der Waals surface area contributed by atoms with E-state index >= 15 is 0 Å². The lowest BCUT2D eigenvalue weighted by molar-refractivity contribution is 0.782. The van der Waals surface area contributed by atoms with E-state index in [4.69, 9.17) is 5.73 Å². The monoisotopic (exact) mass is 346 g/mol. The van der Waals surface area contributed by atoms with Gasteiger partial charge in [-0.05, 0) is 55.3 Å². The highest BCUT2D eigenvalue weighted by atomic mass is 79.9. The van der Waals surface area contributed by atoms with Gasteiger partial charge in [0.15, 0.2) is 0 Å². The van der Waals surface area contributed by atoms with Crippen LogP contribution in [0.15, 0.2) is 53.0 Å². The maximum atomic E-state index is 5.78. The van der Waals surface area contributed by atoms with Gasteiger partial charge in [-0.1, -0.05) is 47.5 Å². The molecule has 112 valence electrons. The van der Waals surface area contributed by atoms with Gasteiger partial charge in [-0.15, -0.1) is 0 Å². The molecular weight excluding hydrogens is 324 g/mol. The van der Waals surface area contributed by atoms with Crippen LogP contribution in [-0.2, 0) is 6.42 Å². The van der Waals surface area contributed by atoms with E-state index in [2.05, 4.69) is 76.3 Å². The van der Waals surface area contributed by atoms with Gasteiger partial charge in [0.2, 0.25) is 0 Å². The number of nitrogens with two attached hydrogens (primary N) is 1. The standard InChI is InChI=1S/C18H23BrN2/c1-2-3-13-21(17-7-5-4-6-8-17)18-10-9-16(19)14-15(18)11-12-20/h4-10,14H,2-3,11-13,20H2,1H3. The van der Waals surface area contributed by atoms with Gasteiger partial charge in [0, 0.05) is 22.4 Å². The molecule has 2 nitrogen and oxygen atoms in total. The Bertz CT molecular complexity index is 554. The Balaban J connectivity index is 2.41. The van der Waals surface area contributed by atoms with Gasteiger partial charge in [0.25, 0.3) is 0 Å². The summed E-state index contributed by atoms with van der Waals surface area (Å²) >= 11 is 3.57. The van der Waals surface area contributed by atoms with E-state index in [9.17, 15) is 0 Å². The largest absolute Gasteiger partial charge is 0.341 e. The van der Waals surface area contributed by atoms with Gasteiger partial charge in [0.05, 0.1) is 0 Å². The third-order valence-corrected chi connectivity index (χ3v) is 4.04. The molecule has 2 rings (SSSR count). The highest BCUT2D eigenvalue weighted by Gasteiger charge is 2.13.